The molecule has 3 heteroatoms. The number of hydrogen-bond donors (Lipinski definition) is 1. The molecule has 0 amide bonds. The highest BCUT2D eigenvalue weighted by Gasteiger charge is 2.36. The molecule has 0 saturated heterocycles. The SMILES string of the molecule is Cc1cc(CCCO)c(C)c2c1C(C)(C)CC(=O)O2. The Balaban J connectivity index is 2.56. The van der Waals surface area contributed by atoms with E-state index in [9.17, 15) is 4.79 Å². The second-order valence-corrected chi connectivity index (χ2v) is 6.04. The molecule has 1 heterocycles. The number of fused-ring (bicyclic) bond motifs is 1. The largest absolute Gasteiger partial charge is 0.426 e. The maximum absolute atomic E-state index is 11.8. The molecule has 104 valence electrons. The molecule has 0 aromatic heterocycles. The Bertz CT molecular complexity index is 515. The Hall–Kier alpha value is -1.35. The highest BCUT2D eigenvalue weighted by Crippen LogP contribution is 2.44. The lowest BCUT2D eigenvalue weighted by atomic mass is 9.75. The Labute approximate surface area is 114 Å². The summed E-state index contributed by atoms with van der Waals surface area (Å²) in [6, 6.07) is 2.17. The van der Waals surface area contributed by atoms with Gasteiger partial charge in [0.25, 0.3) is 0 Å². The molecule has 0 saturated carbocycles. The van der Waals surface area contributed by atoms with Gasteiger partial charge < -0.3 is 9.84 Å². The van der Waals surface area contributed by atoms with E-state index in [1.165, 1.54) is 5.56 Å². The molecule has 2 rings (SSSR count). The van der Waals surface area contributed by atoms with Crippen LogP contribution >= 0.6 is 0 Å². The second kappa shape index (κ2) is 4.97. The lowest BCUT2D eigenvalue weighted by Crippen LogP contribution is -2.32. The topological polar surface area (TPSA) is 46.5 Å². The van der Waals surface area contributed by atoms with Gasteiger partial charge in [0.2, 0.25) is 0 Å². The van der Waals surface area contributed by atoms with Crippen molar-refractivity contribution in [2.24, 2.45) is 0 Å². The molecular formula is C16H22O3. The van der Waals surface area contributed by atoms with E-state index in [1.54, 1.807) is 0 Å². The van der Waals surface area contributed by atoms with Gasteiger partial charge in [-0.25, -0.2) is 0 Å². The number of carbonyl (C=O) groups is 1. The van der Waals surface area contributed by atoms with Crippen LogP contribution in [0.5, 0.6) is 5.75 Å². The number of rotatable bonds is 3. The Morgan fingerprint density at radius 3 is 2.68 bits per heavy atom. The summed E-state index contributed by atoms with van der Waals surface area (Å²) in [5.41, 5.74) is 4.35. The Kier molecular flexibility index (Phi) is 3.68. The molecule has 0 radical (unpaired) electrons. The van der Waals surface area contributed by atoms with Crippen molar-refractivity contribution in [3.63, 3.8) is 0 Å². The Morgan fingerprint density at radius 2 is 2.05 bits per heavy atom. The van der Waals surface area contributed by atoms with Crippen LogP contribution in [0.4, 0.5) is 0 Å². The second-order valence-electron chi connectivity index (χ2n) is 6.04. The fraction of sp³-hybridized carbons (Fsp3) is 0.562. The quantitative estimate of drug-likeness (QED) is 0.673. The summed E-state index contributed by atoms with van der Waals surface area (Å²) in [5, 5.41) is 8.97. The van der Waals surface area contributed by atoms with Crippen LogP contribution in [0, 0.1) is 13.8 Å². The summed E-state index contributed by atoms with van der Waals surface area (Å²) in [5.74, 6) is 0.591. The normalized spacial score (nSPS) is 17.0. The van der Waals surface area contributed by atoms with Crippen LogP contribution in [0.3, 0.4) is 0 Å². The van der Waals surface area contributed by atoms with Crippen molar-refractivity contribution >= 4 is 5.97 Å². The first-order chi connectivity index (χ1) is 8.86. The third-order valence-corrected chi connectivity index (χ3v) is 3.92. The number of ether oxygens (including phenoxy) is 1. The zero-order valence-electron chi connectivity index (χ0n) is 12.2. The fourth-order valence-electron chi connectivity index (χ4n) is 3.05. The predicted octanol–water partition coefficient (Wildman–Crippen LogP) is 2.82. The number of aliphatic hydroxyl groups excluding tert-OH is 1. The van der Waals surface area contributed by atoms with Gasteiger partial charge in [-0.15, -0.1) is 0 Å². The summed E-state index contributed by atoms with van der Waals surface area (Å²) >= 11 is 0. The smallest absolute Gasteiger partial charge is 0.312 e. The number of esters is 1. The van der Waals surface area contributed by atoms with Crippen LogP contribution in [0.2, 0.25) is 0 Å². The number of carbonyl (C=O) groups excluding carboxylic acids is 1. The maximum atomic E-state index is 11.8. The highest BCUT2D eigenvalue weighted by molar-refractivity contribution is 5.79. The minimum absolute atomic E-state index is 0.153. The summed E-state index contributed by atoms with van der Waals surface area (Å²) in [6.07, 6.45) is 1.97. The van der Waals surface area contributed by atoms with E-state index in [4.69, 9.17) is 9.84 Å². The molecule has 0 atom stereocenters. The van der Waals surface area contributed by atoms with Gasteiger partial charge in [0, 0.05) is 17.6 Å². The zero-order chi connectivity index (χ0) is 14.2. The summed E-state index contributed by atoms with van der Waals surface area (Å²) in [4.78, 5) is 11.8. The van der Waals surface area contributed by atoms with E-state index >= 15 is 0 Å². The van der Waals surface area contributed by atoms with Crippen molar-refractivity contribution in [3.05, 3.63) is 28.3 Å². The molecule has 19 heavy (non-hydrogen) atoms. The molecule has 0 unspecified atom stereocenters. The first-order valence-electron chi connectivity index (χ1n) is 6.82. The zero-order valence-corrected chi connectivity index (χ0v) is 12.2. The van der Waals surface area contributed by atoms with Gasteiger partial charge in [-0.1, -0.05) is 19.9 Å². The van der Waals surface area contributed by atoms with Gasteiger partial charge in [0.1, 0.15) is 5.75 Å². The summed E-state index contributed by atoms with van der Waals surface area (Å²) in [6.45, 7) is 8.43. The van der Waals surface area contributed by atoms with Crippen molar-refractivity contribution in [1.82, 2.24) is 0 Å². The molecule has 1 aliphatic rings. The van der Waals surface area contributed by atoms with Crippen LogP contribution < -0.4 is 4.74 Å². The van der Waals surface area contributed by atoms with E-state index in [-0.39, 0.29) is 18.0 Å². The first kappa shape index (κ1) is 14.1. The molecule has 3 nitrogen and oxygen atoms in total. The monoisotopic (exact) mass is 262 g/mol. The molecule has 0 aliphatic carbocycles. The Morgan fingerprint density at radius 1 is 1.37 bits per heavy atom. The van der Waals surface area contributed by atoms with Gasteiger partial charge in [-0.05, 0) is 43.4 Å². The van der Waals surface area contributed by atoms with Crippen molar-refractivity contribution in [2.75, 3.05) is 6.61 Å². The lowest BCUT2D eigenvalue weighted by Gasteiger charge is -2.34. The first-order valence-corrected chi connectivity index (χ1v) is 6.82. The van der Waals surface area contributed by atoms with Crippen molar-refractivity contribution in [3.8, 4) is 5.75 Å². The molecule has 0 spiro atoms. The van der Waals surface area contributed by atoms with E-state index in [0.717, 1.165) is 35.3 Å². The third-order valence-electron chi connectivity index (χ3n) is 3.92. The lowest BCUT2D eigenvalue weighted by molar-refractivity contribution is -0.137. The number of benzene rings is 1. The minimum Gasteiger partial charge on any atom is -0.426 e. The van der Waals surface area contributed by atoms with Gasteiger partial charge in [-0.2, -0.15) is 0 Å². The van der Waals surface area contributed by atoms with Crippen LogP contribution in [-0.4, -0.2) is 17.7 Å². The van der Waals surface area contributed by atoms with E-state index in [1.807, 2.05) is 6.92 Å². The minimum atomic E-state index is -0.172. The maximum Gasteiger partial charge on any atom is 0.312 e. The third kappa shape index (κ3) is 2.52. The fourth-order valence-corrected chi connectivity index (χ4v) is 3.05. The molecular weight excluding hydrogens is 240 g/mol. The number of aryl methyl sites for hydroxylation is 2. The highest BCUT2D eigenvalue weighted by atomic mass is 16.5. The van der Waals surface area contributed by atoms with Crippen LogP contribution in [0.15, 0.2) is 6.07 Å². The van der Waals surface area contributed by atoms with Crippen molar-refractivity contribution < 1.29 is 14.6 Å². The van der Waals surface area contributed by atoms with Crippen molar-refractivity contribution in [2.45, 2.75) is 52.4 Å². The molecule has 0 bridgehead atoms. The van der Waals surface area contributed by atoms with Gasteiger partial charge >= 0.3 is 5.97 Å². The summed E-state index contributed by atoms with van der Waals surface area (Å²) in [7, 11) is 0. The standard InChI is InChI=1S/C16H22O3/c1-10-8-12(6-5-7-17)11(2)15-14(10)16(3,4)9-13(18)19-15/h8,17H,5-7,9H2,1-4H3. The van der Waals surface area contributed by atoms with Crippen LogP contribution in [0.1, 0.15) is 48.9 Å². The van der Waals surface area contributed by atoms with Crippen LogP contribution in [-0.2, 0) is 16.6 Å². The molecule has 1 N–H and O–H groups in total. The average molecular weight is 262 g/mol. The predicted molar refractivity (Wildman–Crippen MR) is 74.6 cm³/mol. The van der Waals surface area contributed by atoms with E-state index < -0.39 is 0 Å². The summed E-state index contributed by atoms with van der Waals surface area (Å²) < 4.78 is 5.50. The van der Waals surface area contributed by atoms with Gasteiger partial charge in [-0.3, -0.25) is 4.79 Å². The number of aliphatic hydroxyl groups is 1. The van der Waals surface area contributed by atoms with Crippen LogP contribution in [0.25, 0.3) is 0 Å². The van der Waals surface area contributed by atoms with Gasteiger partial charge in [0.05, 0.1) is 6.42 Å². The average Bonchev–Trinajstić information content (AvgIpc) is 2.29. The van der Waals surface area contributed by atoms with E-state index in [2.05, 4.69) is 26.8 Å². The van der Waals surface area contributed by atoms with E-state index in [0.29, 0.717) is 6.42 Å². The van der Waals surface area contributed by atoms with Crippen molar-refractivity contribution in [1.29, 1.82) is 0 Å². The molecule has 1 aliphatic heterocycles. The molecule has 1 aromatic rings. The van der Waals surface area contributed by atoms with Gasteiger partial charge in [0.15, 0.2) is 0 Å². The number of hydrogen-bond acceptors (Lipinski definition) is 3. The molecule has 1 aromatic carbocycles. The molecule has 0 fully saturated rings.